The molecule has 2 rings (SSSR count). The molecule has 0 aromatic carbocycles. The van der Waals surface area contributed by atoms with E-state index < -0.39 is 10.0 Å². The Labute approximate surface area is 117 Å². The zero-order valence-corrected chi connectivity index (χ0v) is 12.9. The summed E-state index contributed by atoms with van der Waals surface area (Å²) in [7, 11) is -3.58. The number of thiazole rings is 1. The van der Waals surface area contributed by atoms with E-state index in [2.05, 4.69) is 16.6 Å². The van der Waals surface area contributed by atoms with Gasteiger partial charge in [0.25, 0.3) is 10.0 Å². The smallest absolute Gasteiger partial charge is 0.305 e. The molecule has 108 valence electrons. The van der Waals surface area contributed by atoms with Crippen molar-refractivity contribution in [1.29, 1.82) is 0 Å². The van der Waals surface area contributed by atoms with Crippen LogP contribution in [0.1, 0.15) is 44.7 Å². The minimum absolute atomic E-state index is 0.0240. The van der Waals surface area contributed by atoms with Crippen molar-refractivity contribution in [1.82, 2.24) is 9.71 Å². The van der Waals surface area contributed by atoms with Gasteiger partial charge in [-0.1, -0.05) is 37.5 Å². The van der Waals surface area contributed by atoms with Crippen molar-refractivity contribution >= 4 is 21.4 Å². The number of aromatic nitrogens is 1. The van der Waals surface area contributed by atoms with Crippen LogP contribution in [0, 0.1) is 12.8 Å². The highest BCUT2D eigenvalue weighted by Gasteiger charge is 2.28. The van der Waals surface area contributed by atoms with Gasteiger partial charge in [0, 0.05) is 11.7 Å². The third-order valence-corrected chi connectivity index (χ3v) is 6.79. The highest BCUT2D eigenvalue weighted by molar-refractivity contribution is 7.91. The van der Waals surface area contributed by atoms with E-state index in [9.17, 15) is 13.2 Å². The van der Waals surface area contributed by atoms with E-state index in [0.29, 0.717) is 11.6 Å². The number of hydrogen-bond acceptors (Lipinski definition) is 4. The molecule has 1 heterocycles. The largest absolute Gasteiger partial charge is 0.315 e. The van der Waals surface area contributed by atoms with Crippen LogP contribution < -0.4 is 9.60 Å². The second kappa shape index (κ2) is 5.76. The minimum Gasteiger partial charge on any atom is -0.315 e. The van der Waals surface area contributed by atoms with E-state index in [-0.39, 0.29) is 15.1 Å². The zero-order chi connectivity index (χ0) is 14.0. The van der Waals surface area contributed by atoms with Gasteiger partial charge in [0.2, 0.25) is 0 Å². The molecule has 0 amide bonds. The van der Waals surface area contributed by atoms with Crippen molar-refractivity contribution < 1.29 is 8.42 Å². The zero-order valence-electron chi connectivity index (χ0n) is 11.2. The summed E-state index contributed by atoms with van der Waals surface area (Å²) in [6.45, 7) is 3.70. The van der Waals surface area contributed by atoms with Gasteiger partial charge >= 0.3 is 4.87 Å². The first-order chi connectivity index (χ1) is 8.90. The Bertz CT molecular complexity index is 588. The van der Waals surface area contributed by atoms with Crippen molar-refractivity contribution in [2.45, 2.75) is 56.2 Å². The van der Waals surface area contributed by atoms with Gasteiger partial charge in [-0.05, 0) is 25.7 Å². The molecule has 1 fully saturated rings. The van der Waals surface area contributed by atoms with Crippen LogP contribution in [-0.2, 0) is 10.0 Å². The Kier molecular flexibility index (Phi) is 4.47. The first-order valence-electron chi connectivity index (χ1n) is 6.62. The topological polar surface area (TPSA) is 79.0 Å². The van der Waals surface area contributed by atoms with Gasteiger partial charge in [-0.15, -0.1) is 0 Å². The highest BCUT2D eigenvalue weighted by atomic mass is 32.2. The second-order valence-corrected chi connectivity index (χ2v) is 8.16. The highest BCUT2D eigenvalue weighted by Crippen LogP contribution is 2.25. The lowest BCUT2D eigenvalue weighted by atomic mass is 9.98. The van der Waals surface area contributed by atoms with Gasteiger partial charge in [-0.3, -0.25) is 4.79 Å². The van der Waals surface area contributed by atoms with Gasteiger partial charge in [0.15, 0.2) is 4.21 Å². The van der Waals surface area contributed by atoms with Crippen LogP contribution in [0.5, 0.6) is 0 Å². The Morgan fingerprint density at radius 2 is 1.95 bits per heavy atom. The molecule has 5 nitrogen and oxygen atoms in total. The molecule has 0 aliphatic heterocycles. The maximum absolute atomic E-state index is 12.3. The average molecular weight is 304 g/mol. The third kappa shape index (κ3) is 3.46. The fourth-order valence-corrected chi connectivity index (χ4v) is 5.26. The summed E-state index contributed by atoms with van der Waals surface area (Å²) in [5, 5.41) is 0. The molecule has 2 atom stereocenters. The predicted molar refractivity (Wildman–Crippen MR) is 76.0 cm³/mol. The van der Waals surface area contributed by atoms with Crippen LogP contribution >= 0.6 is 11.3 Å². The van der Waals surface area contributed by atoms with E-state index in [1.54, 1.807) is 6.92 Å². The lowest BCUT2D eigenvalue weighted by molar-refractivity contribution is 0.399. The lowest BCUT2D eigenvalue weighted by Gasteiger charge is -2.22. The summed E-state index contributed by atoms with van der Waals surface area (Å²) in [5.41, 5.74) is 0.420. The summed E-state index contributed by atoms with van der Waals surface area (Å²) in [5.74, 6) is 0.341. The molecule has 0 saturated heterocycles. The summed E-state index contributed by atoms with van der Waals surface area (Å²) < 4.78 is 27.6. The Morgan fingerprint density at radius 1 is 1.26 bits per heavy atom. The summed E-state index contributed by atoms with van der Waals surface area (Å²) in [4.78, 5) is 13.4. The van der Waals surface area contributed by atoms with Crippen molar-refractivity contribution in [3.63, 3.8) is 0 Å². The molecule has 0 radical (unpaired) electrons. The number of H-pyrrole nitrogens is 1. The molecular formula is C12H20N2O3S2. The molecule has 1 aliphatic rings. The molecule has 1 aromatic rings. The summed E-state index contributed by atoms with van der Waals surface area (Å²) in [6.07, 6.45) is 5.31. The van der Waals surface area contributed by atoms with E-state index in [0.717, 1.165) is 37.0 Å². The first kappa shape index (κ1) is 14.7. The van der Waals surface area contributed by atoms with Gasteiger partial charge in [-0.2, -0.15) is 0 Å². The number of aryl methyl sites for hydroxylation is 1. The van der Waals surface area contributed by atoms with Crippen molar-refractivity contribution in [2.75, 3.05) is 0 Å². The predicted octanol–water partition coefficient (Wildman–Crippen LogP) is 1.99. The van der Waals surface area contributed by atoms with E-state index in [4.69, 9.17) is 0 Å². The monoisotopic (exact) mass is 304 g/mol. The molecule has 7 heteroatoms. The summed E-state index contributed by atoms with van der Waals surface area (Å²) in [6, 6.07) is -0.0240. The van der Waals surface area contributed by atoms with Crippen LogP contribution in [0.3, 0.4) is 0 Å². The number of aromatic amines is 1. The van der Waals surface area contributed by atoms with Gasteiger partial charge in [0.05, 0.1) is 0 Å². The molecule has 1 aromatic heterocycles. The number of sulfonamides is 1. The number of nitrogens with one attached hydrogen (secondary N) is 2. The molecule has 2 unspecified atom stereocenters. The molecule has 0 spiro atoms. The minimum atomic E-state index is -3.58. The molecule has 19 heavy (non-hydrogen) atoms. The van der Waals surface area contributed by atoms with Gasteiger partial charge < -0.3 is 4.98 Å². The van der Waals surface area contributed by atoms with Crippen molar-refractivity contribution in [2.24, 2.45) is 5.92 Å². The van der Waals surface area contributed by atoms with Crippen LogP contribution in [-0.4, -0.2) is 19.4 Å². The molecule has 1 aliphatic carbocycles. The fraction of sp³-hybridized carbons (Fsp3) is 0.750. The van der Waals surface area contributed by atoms with Crippen LogP contribution in [0.15, 0.2) is 9.00 Å². The molecule has 0 bridgehead atoms. The Balaban J connectivity index is 2.21. The Hall–Kier alpha value is -0.660. The number of hydrogen-bond donors (Lipinski definition) is 2. The standard InChI is InChI=1S/C12H20N2O3S2/c1-8-6-4-3-5-7-10(8)14-19(16,17)11-9(2)13-12(15)18-11/h8,10,14H,3-7H2,1-2H3,(H,13,15). The van der Waals surface area contributed by atoms with E-state index in [1.807, 2.05) is 0 Å². The van der Waals surface area contributed by atoms with Crippen LogP contribution in [0.25, 0.3) is 0 Å². The third-order valence-electron chi connectivity index (χ3n) is 3.69. The second-order valence-electron chi connectivity index (χ2n) is 5.27. The first-order valence-corrected chi connectivity index (χ1v) is 8.92. The summed E-state index contributed by atoms with van der Waals surface area (Å²) >= 11 is 0.755. The Morgan fingerprint density at radius 3 is 2.58 bits per heavy atom. The lowest BCUT2D eigenvalue weighted by Crippen LogP contribution is -2.38. The van der Waals surface area contributed by atoms with E-state index >= 15 is 0 Å². The fourth-order valence-electron chi connectivity index (χ4n) is 2.57. The SMILES string of the molecule is Cc1[nH]c(=O)sc1S(=O)(=O)NC1CCCCCC1C. The maximum atomic E-state index is 12.3. The van der Waals surface area contributed by atoms with Crippen molar-refractivity contribution in [3.05, 3.63) is 15.4 Å². The van der Waals surface area contributed by atoms with Crippen LogP contribution in [0.2, 0.25) is 0 Å². The normalized spacial score (nSPS) is 25.2. The molecular weight excluding hydrogens is 284 g/mol. The number of rotatable bonds is 3. The maximum Gasteiger partial charge on any atom is 0.305 e. The van der Waals surface area contributed by atoms with Gasteiger partial charge in [-0.25, -0.2) is 13.1 Å². The van der Waals surface area contributed by atoms with Crippen LogP contribution in [0.4, 0.5) is 0 Å². The average Bonchev–Trinajstić information content (AvgIpc) is 2.54. The van der Waals surface area contributed by atoms with Crippen molar-refractivity contribution in [3.8, 4) is 0 Å². The van der Waals surface area contributed by atoms with E-state index in [1.165, 1.54) is 6.42 Å². The van der Waals surface area contributed by atoms with Gasteiger partial charge in [0.1, 0.15) is 0 Å². The quantitative estimate of drug-likeness (QED) is 0.838. The molecule has 1 saturated carbocycles. The molecule has 2 N–H and O–H groups in total.